The van der Waals surface area contributed by atoms with Crippen molar-refractivity contribution in [2.45, 2.75) is 20.8 Å². The van der Waals surface area contributed by atoms with Crippen molar-refractivity contribution in [2.75, 3.05) is 37.0 Å². The molecular formula is C19H23ClN4O5. The molecule has 10 heteroatoms. The molecule has 0 amide bonds. The van der Waals surface area contributed by atoms with E-state index in [0.29, 0.717) is 29.4 Å². The fraction of sp³-hybridized carbons (Fsp3) is 0.368. The minimum atomic E-state index is -0.568. The molecule has 9 nitrogen and oxygen atoms in total. The molecule has 0 atom stereocenters. The first-order chi connectivity index (χ1) is 13.8. The minimum absolute atomic E-state index is 0.00827. The number of pyridine rings is 1. The van der Waals surface area contributed by atoms with E-state index in [0.717, 1.165) is 0 Å². The maximum atomic E-state index is 12.3. The summed E-state index contributed by atoms with van der Waals surface area (Å²) in [4.78, 5) is 29.4. The number of hydrogen-bond donors (Lipinski definition) is 1. The average molecular weight is 423 g/mol. The Morgan fingerprint density at radius 2 is 2.07 bits per heavy atom. The van der Waals surface area contributed by atoms with Crippen molar-refractivity contribution in [3.63, 3.8) is 0 Å². The number of rotatable bonds is 9. The van der Waals surface area contributed by atoms with Crippen molar-refractivity contribution >= 4 is 40.5 Å². The van der Waals surface area contributed by atoms with Crippen LogP contribution in [-0.4, -0.2) is 42.7 Å². The van der Waals surface area contributed by atoms with E-state index >= 15 is 0 Å². The number of ether oxygens (including phenoxy) is 2. The first-order valence-electron chi connectivity index (χ1n) is 8.98. The second-order valence-electron chi connectivity index (χ2n) is 5.98. The third-order valence-electron chi connectivity index (χ3n) is 3.95. The van der Waals surface area contributed by atoms with Crippen LogP contribution in [0.25, 0.3) is 0 Å². The van der Waals surface area contributed by atoms with Gasteiger partial charge in [0.15, 0.2) is 0 Å². The molecule has 0 fully saturated rings. The Bertz CT molecular complexity index is 906. The summed E-state index contributed by atoms with van der Waals surface area (Å²) in [5, 5.41) is 15.1. The largest absolute Gasteiger partial charge is 0.497 e. The molecule has 1 aromatic carbocycles. The van der Waals surface area contributed by atoms with Gasteiger partial charge in [-0.2, -0.15) is 0 Å². The second-order valence-corrected chi connectivity index (χ2v) is 6.39. The van der Waals surface area contributed by atoms with Crippen molar-refractivity contribution < 1.29 is 19.2 Å². The molecule has 0 spiro atoms. The zero-order valence-corrected chi connectivity index (χ0v) is 17.4. The molecule has 0 saturated carbocycles. The van der Waals surface area contributed by atoms with Gasteiger partial charge in [0.05, 0.1) is 29.4 Å². The van der Waals surface area contributed by atoms with Crippen LogP contribution in [0.1, 0.15) is 19.5 Å². The molecule has 0 aliphatic heterocycles. The summed E-state index contributed by atoms with van der Waals surface area (Å²) in [6.45, 7) is 5.57. The van der Waals surface area contributed by atoms with E-state index in [4.69, 9.17) is 21.1 Å². The first kappa shape index (κ1) is 22.2. The van der Waals surface area contributed by atoms with Crippen LogP contribution in [0.2, 0.25) is 5.02 Å². The van der Waals surface area contributed by atoms with E-state index in [1.807, 2.05) is 6.92 Å². The molecule has 0 radical (unpaired) electrons. The fourth-order valence-electron chi connectivity index (χ4n) is 2.79. The molecular weight excluding hydrogens is 400 g/mol. The Morgan fingerprint density at radius 1 is 1.34 bits per heavy atom. The summed E-state index contributed by atoms with van der Waals surface area (Å²) >= 11 is 6.40. The quantitative estimate of drug-likeness (QED) is 0.365. The molecule has 0 unspecified atom stereocenters. The Morgan fingerprint density at radius 3 is 2.62 bits per heavy atom. The van der Waals surface area contributed by atoms with E-state index in [1.54, 1.807) is 38.1 Å². The van der Waals surface area contributed by atoms with Gasteiger partial charge >= 0.3 is 11.7 Å². The summed E-state index contributed by atoms with van der Waals surface area (Å²) in [5.74, 6) is -0.0667. The molecule has 1 heterocycles. The average Bonchev–Trinajstić information content (AvgIpc) is 2.66. The van der Waals surface area contributed by atoms with Gasteiger partial charge in [-0.1, -0.05) is 11.6 Å². The van der Waals surface area contributed by atoms with Crippen LogP contribution in [0, 0.1) is 17.0 Å². The normalized spacial score (nSPS) is 10.4. The smallest absolute Gasteiger partial charge is 0.334 e. The summed E-state index contributed by atoms with van der Waals surface area (Å²) in [5.41, 5.74) is 0.955. The van der Waals surface area contributed by atoms with Gasteiger partial charge < -0.3 is 19.7 Å². The number of halogens is 1. The van der Waals surface area contributed by atoms with Crippen LogP contribution in [0.3, 0.4) is 0 Å². The van der Waals surface area contributed by atoms with Gasteiger partial charge in [0.25, 0.3) is 0 Å². The lowest BCUT2D eigenvalue weighted by Crippen LogP contribution is -2.29. The zero-order valence-electron chi connectivity index (χ0n) is 16.7. The van der Waals surface area contributed by atoms with Gasteiger partial charge in [-0.3, -0.25) is 14.9 Å². The van der Waals surface area contributed by atoms with Crippen LogP contribution < -0.4 is 15.0 Å². The van der Waals surface area contributed by atoms with Gasteiger partial charge in [-0.15, -0.1) is 0 Å². The SMILES string of the molecule is CCNc1cc(C)nc(N(CC(=O)OCC)c2ccc(OC)cc2Cl)c1[N+](=O)[O-]. The van der Waals surface area contributed by atoms with Crippen molar-refractivity contribution in [3.05, 3.63) is 45.1 Å². The van der Waals surface area contributed by atoms with E-state index < -0.39 is 10.9 Å². The fourth-order valence-corrected chi connectivity index (χ4v) is 3.06. The zero-order chi connectivity index (χ0) is 21.6. The summed E-state index contributed by atoms with van der Waals surface area (Å²) < 4.78 is 10.2. The highest BCUT2D eigenvalue weighted by Crippen LogP contribution is 2.41. The van der Waals surface area contributed by atoms with Crippen LogP contribution in [0.4, 0.5) is 22.9 Å². The van der Waals surface area contributed by atoms with E-state index in [2.05, 4.69) is 10.3 Å². The van der Waals surface area contributed by atoms with Gasteiger partial charge in [-0.05, 0) is 39.0 Å². The number of anilines is 3. The predicted octanol–water partition coefficient (Wildman–Crippen LogP) is 4.09. The highest BCUT2D eigenvalue weighted by atomic mass is 35.5. The third-order valence-corrected chi connectivity index (χ3v) is 4.25. The number of aromatic nitrogens is 1. The number of nitrogens with zero attached hydrogens (tertiary/aromatic N) is 3. The Balaban J connectivity index is 2.71. The lowest BCUT2D eigenvalue weighted by Gasteiger charge is -2.25. The second kappa shape index (κ2) is 9.92. The molecule has 0 aliphatic carbocycles. The predicted molar refractivity (Wildman–Crippen MR) is 111 cm³/mol. The number of carbonyl (C=O) groups is 1. The van der Waals surface area contributed by atoms with E-state index in [-0.39, 0.29) is 29.7 Å². The Kier molecular flexibility index (Phi) is 7.60. The van der Waals surface area contributed by atoms with Crippen molar-refractivity contribution in [3.8, 4) is 5.75 Å². The highest BCUT2D eigenvalue weighted by molar-refractivity contribution is 6.33. The van der Waals surface area contributed by atoms with Gasteiger partial charge in [0.2, 0.25) is 5.82 Å². The van der Waals surface area contributed by atoms with Crippen molar-refractivity contribution in [2.24, 2.45) is 0 Å². The van der Waals surface area contributed by atoms with Gasteiger partial charge in [0.1, 0.15) is 18.0 Å². The highest BCUT2D eigenvalue weighted by Gasteiger charge is 2.30. The van der Waals surface area contributed by atoms with E-state index in [9.17, 15) is 14.9 Å². The lowest BCUT2D eigenvalue weighted by molar-refractivity contribution is -0.383. The number of nitro groups is 1. The summed E-state index contributed by atoms with van der Waals surface area (Å²) in [6.07, 6.45) is 0. The molecule has 2 aromatic rings. The third kappa shape index (κ3) is 5.26. The van der Waals surface area contributed by atoms with Gasteiger partial charge in [-0.25, -0.2) is 4.98 Å². The number of methoxy groups -OCH3 is 1. The van der Waals surface area contributed by atoms with Crippen LogP contribution in [0.15, 0.2) is 24.3 Å². The molecule has 0 bridgehead atoms. The monoisotopic (exact) mass is 422 g/mol. The molecule has 0 saturated heterocycles. The molecule has 1 aromatic heterocycles. The molecule has 1 N–H and O–H groups in total. The lowest BCUT2D eigenvalue weighted by atomic mass is 10.2. The topological polar surface area (TPSA) is 107 Å². The number of hydrogen-bond acceptors (Lipinski definition) is 8. The van der Waals surface area contributed by atoms with Crippen LogP contribution in [-0.2, 0) is 9.53 Å². The van der Waals surface area contributed by atoms with Gasteiger partial charge in [0, 0.05) is 18.3 Å². The van der Waals surface area contributed by atoms with Crippen molar-refractivity contribution in [1.29, 1.82) is 0 Å². The number of esters is 1. The van der Waals surface area contributed by atoms with Crippen LogP contribution in [0.5, 0.6) is 5.75 Å². The summed E-state index contributed by atoms with van der Waals surface area (Å²) in [6, 6.07) is 6.40. The molecule has 0 aliphatic rings. The summed E-state index contributed by atoms with van der Waals surface area (Å²) in [7, 11) is 1.50. The number of nitrogens with one attached hydrogen (secondary N) is 1. The molecule has 29 heavy (non-hydrogen) atoms. The number of aryl methyl sites for hydroxylation is 1. The maximum absolute atomic E-state index is 12.3. The Hall–Kier alpha value is -3.07. The number of carbonyl (C=O) groups excluding carboxylic acids is 1. The minimum Gasteiger partial charge on any atom is -0.497 e. The molecule has 156 valence electrons. The Labute approximate surface area is 173 Å². The van der Waals surface area contributed by atoms with Crippen LogP contribution >= 0.6 is 11.6 Å². The number of benzene rings is 1. The van der Waals surface area contributed by atoms with Crippen molar-refractivity contribution in [1.82, 2.24) is 4.98 Å². The first-order valence-corrected chi connectivity index (χ1v) is 9.36. The maximum Gasteiger partial charge on any atom is 0.334 e. The van der Waals surface area contributed by atoms with E-state index in [1.165, 1.54) is 12.0 Å². The standard InChI is InChI=1S/C19H23ClN4O5/c1-5-21-15-9-12(3)22-19(18(15)24(26)27)23(11-17(25)29-6-2)16-8-7-13(28-4)10-14(16)20/h7-10H,5-6,11H2,1-4H3,(H,21,22). The molecule has 2 rings (SSSR count).